The third-order valence-corrected chi connectivity index (χ3v) is 4.52. The summed E-state index contributed by atoms with van der Waals surface area (Å²) in [4.78, 5) is 12.2. The van der Waals surface area contributed by atoms with Gasteiger partial charge in [-0.3, -0.25) is 4.79 Å². The lowest BCUT2D eigenvalue weighted by Gasteiger charge is -2.42. The number of hydrogen-bond acceptors (Lipinski definition) is 2. The Bertz CT molecular complexity index is 466. The van der Waals surface area contributed by atoms with Crippen LogP contribution in [0.25, 0.3) is 0 Å². The molecular weight excluding hydrogens is 200 g/mol. The molecule has 0 spiro atoms. The average Bonchev–Trinajstić information content (AvgIpc) is 2.50. The van der Waals surface area contributed by atoms with Crippen molar-refractivity contribution < 1.29 is 9.90 Å². The zero-order valence-electron chi connectivity index (χ0n) is 9.49. The number of ketones is 1. The second kappa shape index (κ2) is 2.95. The van der Waals surface area contributed by atoms with Crippen LogP contribution in [0.1, 0.15) is 37.3 Å². The molecule has 0 radical (unpaired) electrons. The largest absolute Gasteiger partial charge is 0.388 e. The van der Waals surface area contributed by atoms with Crippen molar-refractivity contribution in [2.75, 3.05) is 0 Å². The number of rotatable bonds is 0. The topological polar surface area (TPSA) is 37.3 Å². The van der Waals surface area contributed by atoms with Crippen molar-refractivity contribution in [1.82, 2.24) is 0 Å². The highest BCUT2D eigenvalue weighted by atomic mass is 16.3. The molecule has 2 aliphatic carbocycles. The molecule has 3 rings (SSSR count). The van der Waals surface area contributed by atoms with Gasteiger partial charge in [0.2, 0.25) is 0 Å². The van der Waals surface area contributed by atoms with E-state index in [0.717, 1.165) is 24.0 Å². The fraction of sp³-hybridized carbons (Fsp3) is 0.500. The van der Waals surface area contributed by atoms with Crippen molar-refractivity contribution in [3.8, 4) is 0 Å². The highest BCUT2D eigenvalue weighted by molar-refractivity contribution is 5.93. The molecule has 2 nitrogen and oxygen atoms in total. The van der Waals surface area contributed by atoms with Gasteiger partial charge in [-0.15, -0.1) is 0 Å². The van der Waals surface area contributed by atoms with Gasteiger partial charge in [0.05, 0.1) is 11.0 Å². The first-order valence-electron chi connectivity index (χ1n) is 5.92. The van der Waals surface area contributed by atoms with Crippen LogP contribution in [0.4, 0.5) is 0 Å². The molecule has 84 valence electrons. The Hall–Kier alpha value is -1.15. The van der Waals surface area contributed by atoms with Crippen LogP contribution in [0.5, 0.6) is 0 Å². The first-order valence-corrected chi connectivity index (χ1v) is 5.92. The van der Waals surface area contributed by atoms with Gasteiger partial charge >= 0.3 is 0 Å². The Kier molecular flexibility index (Phi) is 1.85. The number of Topliss-reactive ketones (excluding diaryl/α,β-unsaturated/α-hetero) is 1. The van der Waals surface area contributed by atoms with Crippen LogP contribution in [0.15, 0.2) is 24.3 Å². The Morgan fingerprint density at radius 2 is 2.06 bits per heavy atom. The van der Waals surface area contributed by atoms with E-state index in [1.807, 2.05) is 31.2 Å². The number of benzene rings is 1. The SMILES string of the molecule is C[C@@]12C(=O)CCC[C@]1(O)Cc1ccccc12. The predicted octanol–water partition coefficient (Wildman–Crippen LogP) is 1.98. The van der Waals surface area contributed by atoms with Crippen molar-refractivity contribution in [2.24, 2.45) is 0 Å². The van der Waals surface area contributed by atoms with Crippen LogP contribution in [-0.4, -0.2) is 16.5 Å². The summed E-state index contributed by atoms with van der Waals surface area (Å²) in [5, 5.41) is 10.7. The molecule has 1 aromatic rings. The Balaban J connectivity index is 2.24. The quantitative estimate of drug-likeness (QED) is 0.720. The molecule has 0 heterocycles. The summed E-state index contributed by atoms with van der Waals surface area (Å²) in [5.41, 5.74) is 0.679. The zero-order valence-corrected chi connectivity index (χ0v) is 9.49. The number of carbonyl (C=O) groups excluding carboxylic acids is 1. The second-order valence-electron chi connectivity index (χ2n) is 5.27. The number of hydrogen-bond donors (Lipinski definition) is 1. The van der Waals surface area contributed by atoms with Crippen LogP contribution in [0.2, 0.25) is 0 Å². The van der Waals surface area contributed by atoms with Gasteiger partial charge in [0.1, 0.15) is 5.78 Å². The minimum absolute atomic E-state index is 0.200. The third-order valence-electron chi connectivity index (χ3n) is 4.52. The van der Waals surface area contributed by atoms with Crippen molar-refractivity contribution in [3.63, 3.8) is 0 Å². The van der Waals surface area contributed by atoms with Crippen molar-refractivity contribution in [1.29, 1.82) is 0 Å². The van der Waals surface area contributed by atoms with Gasteiger partial charge < -0.3 is 5.11 Å². The molecule has 2 aliphatic rings. The summed E-state index contributed by atoms with van der Waals surface area (Å²) in [6.07, 6.45) is 2.79. The van der Waals surface area contributed by atoms with Crippen LogP contribution >= 0.6 is 0 Å². The van der Waals surface area contributed by atoms with E-state index in [1.165, 1.54) is 0 Å². The van der Waals surface area contributed by atoms with Crippen LogP contribution in [0, 0.1) is 0 Å². The molecule has 0 aromatic heterocycles. The van der Waals surface area contributed by atoms with Crippen molar-refractivity contribution in [2.45, 2.75) is 43.6 Å². The molecule has 2 atom stereocenters. The molecule has 1 aromatic carbocycles. The molecule has 1 fully saturated rings. The highest BCUT2D eigenvalue weighted by Crippen LogP contribution is 2.51. The molecule has 0 amide bonds. The van der Waals surface area contributed by atoms with E-state index in [0.29, 0.717) is 12.8 Å². The van der Waals surface area contributed by atoms with E-state index in [1.54, 1.807) is 0 Å². The van der Waals surface area contributed by atoms with Gasteiger partial charge in [-0.25, -0.2) is 0 Å². The van der Waals surface area contributed by atoms with E-state index in [9.17, 15) is 9.90 Å². The first kappa shape index (κ1) is 10.0. The van der Waals surface area contributed by atoms with Gasteiger partial charge in [-0.2, -0.15) is 0 Å². The Morgan fingerprint density at radius 1 is 1.31 bits per heavy atom. The molecule has 1 N–H and O–H groups in total. The summed E-state index contributed by atoms with van der Waals surface area (Å²) in [6, 6.07) is 7.96. The number of aliphatic hydroxyl groups is 1. The van der Waals surface area contributed by atoms with Crippen LogP contribution < -0.4 is 0 Å². The summed E-state index contributed by atoms with van der Waals surface area (Å²) in [5.74, 6) is 0.200. The lowest BCUT2D eigenvalue weighted by Crippen LogP contribution is -2.54. The van der Waals surface area contributed by atoms with E-state index in [2.05, 4.69) is 0 Å². The molecule has 1 saturated carbocycles. The maximum Gasteiger partial charge on any atom is 0.146 e. The molecule has 0 unspecified atom stereocenters. The second-order valence-corrected chi connectivity index (χ2v) is 5.27. The minimum Gasteiger partial charge on any atom is -0.388 e. The molecule has 0 aliphatic heterocycles. The maximum absolute atomic E-state index is 12.2. The van der Waals surface area contributed by atoms with E-state index in [4.69, 9.17) is 0 Å². The normalized spacial score (nSPS) is 37.0. The van der Waals surface area contributed by atoms with Crippen LogP contribution in [-0.2, 0) is 16.6 Å². The average molecular weight is 216 g/mol. The van der Waals surface area contributed by atoms with E-state index < -0.39 is 11.0 Å². The highest BCUT2D eigenvalue weighted by Gasteiger charge is 2.59. The minimum atomic E-state index is -0.841. The number of carbonyl (C=O) groups is 1. The summed E-state index contributed by atoms with van der Waals surface area (Å²) >= 11 is 0. The van der Waals surface area contributed by atoms with E-state index >= 15 is 0 Å². The van der Waals surface area contributed by atoms with E-state index in [-0.39, 0.29) is 5.78 Å². The molecule has 0 saturated heterocycles. The summed E-state index contributed by atoms with van der Waals surface area (Å²) < 4.78 is 0. The standard InChI is InChI=1S/C14H16O2/c1-13-11-6-3-2-5-10(11)9-14(13,16)8-4-7-12(13)15/h2-3,5-6,16H,4,7-9H2,1H3/t13-,14+/m1/s1. The summed E-state index contributed by atoms with van der Waals surface area (Å²) in [6.45, 7) is 1.92. The smallest absolute Gasteiger partial charge is 0.146 e. The fourth-order valence-electron chi connectivity index (χ4n) is 3.44. The number of fused-ring (bicyclic) bond motifs is 3. The van der Waals surface area contributed by atoms with Gasteiger partial charge in [-0.1, -0.05) is 24.3 Å². The molecule has 0 bridgehead atoms. The van der Waals surface area contributed by atoms with Gasteiger partial charge in [0, 0.05) is 12.8 Å². The monoisotopic (exact) mass is 216 g/mol. The predicted molar refractivity (Wildman–Crippen MR) is 61.3 cm³/mol. The summed E-state index contributed by atoms with van der Waals surface area (Å²) in [7, 11) is 0. The van der Waals surface area contributed by atoms with Crippen molar-refractivity contribution >= 4 is 5.78 Å². The Labute approximate surface area is 95.3 Å². The first-order chi connectivity index (χ1) is 7.58. The van der Waals surface area contributed by atoms with Gasteiger partial charge in [0.25, 0.3) is 0 Å². The lowest BCUT2D eigenvalue weighted by molar-refractivity contribution is -0.139. The maximum atomic E-state index is 12.2. The molecule has 2 heteroatoms. The molecule has 16 heavy (non-hydrogen) atoms. The van der Waals surface area contributed by atoms with Crippen LogP contribution in [0.3, 0.4) is 0 Å². The fourth-order valence-corrected chi connectivity index (χ4v) is 3.44. The van der Waals surface area contributed by atoms with Gasteiger partial charge in [0.15, 0.2) is 0 Å². The zero-order chi connectivity index (χ0) is 11.4. The molecular formula is C14H16O2. The van der Waals surface area contributed by atoms with Gasteiger partial charge in [-0.05, 0) is 30.9 Å². The Morgan fingerprint density at radius 3 is 2.88 bits per heavy atom. The van der Waals surface area contributed by atoms with Crippen molar-refractivity contribution in [3.05, 3.63) is 35.4 Å². The third kappa shape index (κ3) is 0.983. The lowest BCUT2D eigenvalue weighted by atomic mass is 9.63.